The molecular weight excluding hydrogens is 308 g/mol. The van der Waals surface area contributed by atoms with Crippen molar-refractivity contribution in [1.82, 2.24) is 5.48 Å². The molecule has 0 saturated carbocycles. The molecule has 0 radical (unpaired) electrons. The molecule has 2 aromatic rings. The van der Waals surface area contributed by atoms with Crippen LogP contribution in [0.2, 0.25) is 0 Å². The van der Waals surface area contributed by atoms with E-state index in [1.807, 2.05) is 0 Å². The molecule has 0 unspecified atom stereocenters. The Labute approximate surface area is 127 Å². The lowest BCUT2D eigenvalue weighted by Crippen LogP contribution is -2.18. The summed E-state index contributed by atoms with van der Waals surface area (Å²) in [7, 11) is -2.24. The maximum absolute atomic E-state index is 12.2. The standard InChI is InChI=1S/C14H14N2O5S/c1-21-12-6-8-13(9-7-12)22(19,20)16-11-4-2-10(3-5-11)14(17)15-18/h2-9,16,18H,1H3,(H,15,17). The molecular formula is C14H14N2O5S. The van der Waals surface area contributed by atoms with Gasteiger partial charge in [0.25, 0.3) is 15.9 Å². The van der Waals surface area contributed by atoms with Crippen molar-refractivity contribution in [3.63, 3.8) is 0 Å². The summed E-state index contributed by atoms with van der Waals surface area (Å²) in [6.07, 6.45) is 0. The fourth-order valence-corrected chi connectivity index (χ4v) is 2.78. The minimum atomic E-state index is -3.73. The first-order chi connectivity index (χ1) is 10.5. The van der Waals surface area contributed by atoms with E-state index in [1.54, 1.807) is 12.1 Å². The van der Waals surface area contributed by atoms with Crippen LogP contribution in [0.5, 0.6) is 5.75 Å². The van der Waals surface area contributed by atoms with E-state index in [-0.39, 0.29) is 10.5 Å². The number of anilines is 1. The number of hydrogen-bond acceptors (Lipinski definition) is 5. The summed E-state index contributed by atoms with van der Waals surface area (Å²) in [4.78, 5) is 11.3. The molecule has 0 saturated heterocycles. The molecule has 0 aliphatic carbocycles. The zero-order valence-corrected chi connectivity index (χ0v) is 12.4. The van der Waals surface area contributed by atoms with E-state index < -0.39 is 15.9 Å². The van der Waals surface area contributed by atoms with Gasteiger partial charge in [-0.2, -0.15) is 0 Å². The van der Waals surface area contributed by atoms with Crippen LogP contribution in [0.25, 0.3) is 0 Å². The highest BCUT2D eigenvalue weighted by Gasteiger charge is 2.14. The Morgan fingerprint density at radius 2 is 1.64 bits per heavy atom. The second kappa shape index (κ2) is 6.46. The third-order valence-corrected chi connectivity index (χ3v) is 4.27. The number of nitrogens with one attached hydrogen (secondary N) is 2. The first-order valence-electron chi connectivity index (χ1n) is 6.17. The van der Waals surface area contributed by atoms with Gasteiger partial charge in [0.1, 0.15) is 5.75 Å². The van der Waals surface area contributed by atoms with Crippen molar-refractivity contribution in [2.24, 2.45) is 0 Å². The molecule has 0 bridgehead atoms. The van der Waals surface area contributed by atoms with Gasteiger partial charge in [-0.05, 0) is 48.5 Å². The molecule has 22 heavy (non-hydrogen) atoms. The Morgan fingerprint density at radius 1 is 1.05 bits per heavy atom. The number of carbonyl (C=O) groups excluding carboxylic acids is 1. The Bertz CT molecular complexity index is 755. The minimum Gasteiger partial charge on any atom is -0.497 e. The summed E-state index contributed by atoms with van der Waals surface area (Å²) in [5.41, 5.74) is 2.00. The fourth-order valence-electron chi connectivity index (χ4n) is 1.72. The molecule has 2 aromatic carbocycles. The van der Waals surface area contributed by atoms with Crippen molar-refractivity contribution in [3.05, 3.63) is 54.1 Å². The van der Waals surface area contributed by atoms with Crippen LogP contribution in [0, 0.1) is 0 Å². The Kier molecular flexibility index (Phi) is 4.64. The largest absolute Gasteiger partial charge is 0.497 e. The third-order valence-electron chi connectivity index (χ3n) is 2.87. The molecule has 0 spiro atoms. The van der Waals surface area contributed by atoms with Gasteiger partial charge in [0, 0.05) is 11.3 Å². The quantitative estimate of drug-likeness (QED) is 0.573. The SMILES string of the molecule is COc1ccc(S(=O)(=O)Nc2ccc(C(=O)NO)cc2)cc1. The first kappa shape index (κ1) is 15.8. The van der Waals surface area contributed by atoms with Crippen LogP contribution >= 0.6 is 0 Å². The number of hydroxylamine groups is 1. The number of sulfonamides is 1. The smallest absolute Gasteiger partial charge is 0.274 e. The van der Waals surface area contributed by atoms with E-state index in [2.05, 4.69) is 4.72 Å². The molecule has 0 aromatic heterocycles. The van der Waals surface area contributed by atoms with Crippen LogP contribution in [0.15, 0.2) is 53.4 Å². The third kappa shape index (κ3) is 3.54. The Hall–Kier alpha value is -2.58. The predicted molar refractivity (Wildman–Crippen MR) is 79.5 cm³/mol. The van der Waals surface area contributed by atoms with Crippen molar-refractivity contribution >= 4 is 21.6 Å². The van der Waals surface area contributed by atoms with Crippen molar-refractivity contribution in [3.8, 4) is 5.75 Å². The molecule has 0 heterocycles. The lowest BCUT2D eigenvalue weighted by molar-refractivity contribution is 0.0706. The molecule has 3 N–H and O–H groups in total. The van der Waals surface area contributed by atoms with Gasteiger partial charge >= 0.3 is 0 Å². The lowest BCUT2D eigenvalue weighted by Gasteiger charge is -2.09. The summed E-state index contributed by atoms with van der Waals surface area (Å²) in [6, 6.07) is 11.6. The van der Waals surface area contributed by atoms with Crippen molar-refractivity contribution < 1.29 is 23.2 Å². The van der Waals surface area contributed by atoms with E-state index >= 15 is 0 Å². The zero-order valence-electron chi connectivity index (χ0n) is 11.6. The van der Waals surface area contributed by atoms with Gasteiger partial charge in [0.15, 0.2) is 0 Å². The normalized spacial score (nSPS) is 10.8. The van der Waals surface area contributed by atoms with Gasteiger partial charge in [-0.3, -0.25) is 14.7 Å². The molecule has 116 valence electrons. The van der Waals surface area contributed by atoms with E-state index in [0.717, 1.165) is 0 Å². The monoisotopic (exact) mass is 322 g/mol. The van der Waals surface area contributed by atoms with E-state index in [0.29, 0.717) is 11.4 Å². The van der Waals surface area contributed by atoms with Crippen LogP contribution in [0.1, 0.15) is 10.4 Å². The average molecular weight is 322 g/mol. The first-order valence-corrected chi connectivity index (χ1v) is 7.66. The van der Waals surface area contributed by atoms with Gasteiger partial charge in [0.05, 0.1) is 12.0 Å². The van der Waals surface area contributed by atoms with Crippen LogP contribution in [0.3, 0.4) is 0 Å². The minimum absolute atomic E-state index is 0.0884. The average Bonchev–Trinajstić information content (AvgIpc) is 2.54. The number of rotatable bonds is 5. The van der Waals surface area contributed by atoms with Gasteiger partial charge in [0.2, 0.25) is 0 Å². The van der Waals surface area contributed by atoms with Gasteiger partial charge in [-0.1, -0.05) is 0 Å². The topological polar surface area (TPSA) is 105 Å². The summed E-state index contributed by atoms with van der Waals surface area (Å²) < 4.78 is 31.8. The van der Waals surface area contributed by atoms with Gasteiger partial charge in [-0.25, -0.2) is 13.9 Å². The second-order valence-electron chi connectivity index (χ2n) is 4.30. The maximum Gasteiger partial charge on any atom is 0.274 e. The summed E-state index contributed by atoms with van der Waals surface area (Å²) in [5, 5.41) is 8.51. The van der Waals surface area contributed by atoms with Crippen molar-refractivity contribution in [2.45, 2.75) is 4.90 Å². The number of amides is 1. The van der Waals surface area contributed by atoms with Crippen LogP contribution in [-0.4, -0.2) is 26.6 Å². The van der Waals surface area contributed by atoms with Crippen LogP contribution < -0.4 is 14.9 Å². The predicted octanol–water partition coefficient (Wildman–Crippen LogP) is 1.61. The highest BCUT2D eigenvalue weighted by molar-refractivity contribution is 7.92. The Balaban J connectivity index is 2.19. The van der Waals surface area contributed by atoms with E-state index in [1.165, 1.54) is 49.0 Å². The van der Waals surface area contributed by atoms with Crippen LogP contribution in [-0.2, 0) is 10.0 Å². The Morgan fingerprint density at radius 3 is 2.14 bits per heavy atom. The highest BCUT2D eigenvalue weighted by atomic mass is 32.2. The fraction of sp³-hybridized carbons (Fsp3) is 0.0714. The molecule has 0 fully saturated rings. The summed E-state index contributed by atoms with van der Waals surface area (Å²) in [5.74, 6) is -0.122. The molecule has 7 nitrogen and oxygen atoms in total. The zero-order chi connectivity index (χ0) is 16.2. The number of carbonyl (C=O) groups is 1. The van der Waals surface area contributed by atoms with Gasteiger partial charge in [-0.15, -0.1) is 0 Å². The van der Waals surface area contributed by atoms with E-state index in [9.17, 15) is 13.2 Å². The van der Waals surface area contributed by atoms with Crippen molar-refractivity contribution in [1.29, 1.82) is 0 Å². The number of methoxy groups -OCH3 is 1. The molecule has 1 amide bonds. The molecule has 0 aliphatic heterocycles. The molecule has 2 rings (SSSR count). The second-order valence-corrected chi connectivity index (χ2v) is 5.98. The molecule has 8 heteroatoms. The molecule has 0 atom stereocenters. The number of benzene rings is 2. The maximum atomic E-state index is 12.2. The number of ether oxygens (including phenoxy) is 1. The van der Waals surface area contributed by atoms with Crippen molar-refractivity contribution in [2.75, 3.05) is 11.8 Å². The van der Waals surface area contributed by atoms with E-state index in [4.69, 9.17) is 9.94 Å². The van der Waals surface area contributed by atoms with Gasteiger partial charge < -0.3 is 4.74 Å². The molecule has 0 aliphatic rings. The lowest BCUT2D eigenvalue weighted by atomic mass is 10.2. The summed E-state index contributed by atoms with van der Waals surface area (Å²) >= 11 is 0. The highest BCUT2D eigenvalue weighted by Crippen LogP contribution is 2.19. The van der Waals surface area contributed by atoms with Crippen LogP contribution in [0.4, 0.5) is 5.69 Å². The summed E-state index contributed by atoms with van der Waals surface area (Å²) in [6.45, 7) is 0. The number of hydrogen-bond donors (Lipinski definition) is 3.